The Morgan fingerprint density at radius 3 is 3.14 bits per heavy atom. The van der Waals surface area contributed by atoms with Crippen LogP contribution in [0.1, 0.15) is 23.2 Å². The van der Waals surface area contributed by atoms with E-state index in [1.54, 1.807) is 24.6 Å². The number of carbonyl (C=O) groups is 1. The van der Waals surface area contributed by atoms with Crippen molar-refractivity contribution in [2.75, 3.05) is 20.2 Å². The van der Waals surface area contributed by atoms with E-state index in [4.69, 9.17) is 4.74 Å². The maximum Gasteiger partial charge on any atom is 0.253 e. The lowest BCUT2D eigenvalue weighted by molar-refractivity contribution is 0.0269. The van der Waals surface area contributed by atoms with E-state index in [1.807, 2.05) is 34.5 Å². The summed E-state index contributed by atoms with van der Waals surface area (Å²) in [7, 11) is 1.71. The molecule has 4 nitrogen and oxygen atoms in total. The van der Waals surface area contributed by atoms with Crippen molar-refractivity contribution in [3.8, 4) is 10.6 Å². The van der Waals surface area contributed by atoms with Gasteiger partial charge in [0.2, 0.25) is 0 Å². The molecule has 1 aliphatic rings. The Labute approximate surface area is 128 Å². The van der Waals surface area contributed by atoms with Crippen molar-refractivity contribution >= 4 is 17.2 Å². The molecule has 1 aromatic carbocycles. The second-order valence-electron chi connectivity index (χ2n) is 5.17. The third-order valence-corrected chi connectivity index (χ3v) is 4.61. The van der Waals surface area contributed by atoms with Gasteiger partial charge in [-0.1, -0.05) is 12.1 Å². The molecule has 0 N–H and O–H groups in total. The molecule has 110 valence electrons. The molecular formula is C16H18N2O2S. The highest BCUT2D eigenvalue weighted by molar-refractivity contribution is 7.13. The van der Waals surface area contributed by atoms with Gasteiger partial charge in [0, 0.05) is 42.9 Å². The van der Waals surface area contributed by atoms with E-state index in [0.29, 0.717) is 6.54 Å². The van der Waals surface area contributed by atoms with Crippen molar-refractivity contribution in [3.05, 3.63) is 41.4 Å². The van der Waals surface area contributed by atoms with E-state index in [9.17, 15) is 4.79 Å². The molecule has 1 amide bonds. The lowest BCUT2D eigenvalue weighted by Gasteiger charge is -2.32. The van der Waals surface area contributed by atoms with Gasteiger partial charge in [0.1, 0.15) is 5.01 Å². The van der Waals surface area contributed by atoms with E-state index >= 15 is 0 Å². The van der Waals surface area contributed by atoms with Crippen LogP contribution in [0.3, 0.4) is 0 Å². The first kappa shape index (κ1) is 14.2. The van der Waals surface area contributed by atoms with Crippen LogP contribution in [0.25, 0.3) is 10.6 Å². The Balaban J connectivity index is 1.80. The minimum Gasteiger partial charge on any atom is -0.380 e. The van der Waals surface area contributed by atoms with Crippen LogP contribution in [0.4, 0.5) is 0 Å². The third kappa shape index (κ3) is 3.14. The molecule has 3 rings (SSSR count). The van der Waals surface area contributed by atoms with E-state index in [-0.39, 0.29) is 12.0 Å². The average molecular weight is 302 g/mol. The molecule has 1 fully saturated rings. The zero-order valence-electron chi connectivity index (χ0n) is 12.0. The lowest BCUT2D eigenvalue weighted by atomic mass is 10.1. The van der Waals surface area contributed by atoms with Crippen LogP contribution in [-0.4, -0.2) is 42.1 Å². The summed E-state index contributed by atoms with van der Waals surface area (Å²) >= 11 is 1.58. The van der Waals surface area contributed by atoms with Crippen molar-refractivity contribution in [2.45, 2.75) is 18.9 Å². The number of carbonyl (C=O) groups excluding carboxylic acids is 1. The second kappa shape index (κ2) is 6.37. The number of aromatic nitrogens is 1. The molecule has 0 bridgehead atoms. The Morgan fingerprint density at radius 2 is 2.38 bits per heavy atom. The summed E-state index contributed by atoms with van der Waals surface area (Å²) in [6.07, 6.45) is 3.96. The molecule has 0 aliphatic carbocycles. The summed E-state index contributed by atoms with van der Waals surface area (Å²) in [5.74, 6) is 0.0788. The number of rotatable bonds is 3. The molecule has 5 heteroatoms. The summed E-state index contributed by atoms with van der Waals surface area (Å²) in [4.78, 5) is 18.8. The van der Waals surface area contributed by atoms with Crippen LogP contribution in [0.2, 0.25) is 0 Å². The molecule has 1 aromatic heterocycles. The predicted octanol–water partition coefficient (Wildman–Crippen LogP) is 3.06. The number of hydrogen-bond donors (Lipinski definition) is 0. The number of methoxy groups -OCH3 is 1. The van der Waals surface area contributed by atoms with E-state index in [1.165, 1.54) is 0 Å². The van der Waals surface area contributed by atoms with Crippen LogP contribution >= 0.6 is 11.3 Å². The Bertz CT molecular complexity index is 612. The molecule has 21 heavy (non-hydrogen) atoms. The van der Waals surface area contributed by atoms with Gasteiger partial charge in [-0.15, -0.1) is 11.3 Å². The van der Waals surface area contributed by atoms with Crippen LogP contribution in [0.5, 0.6) is 0 Å². The lowest BCUT2D eigenvalue weighted by Crippen LogP contribution is -2.42. The van der Waals surface area contributed by atoms with Gasteiger partial charge >= 0.3 is 0 Å². The summed E-state index contributed by atoms with van der Waals surface area (Å²) in [5, 5.41) is 2.88. The van der Waals surface area contributed by atoms with Crippen molar-refractivity contribution in [2.24, 2.45) is 0 Å². The number of benzene rings is 1. The van der Waals surface area contributed by atoms with Crippen LogP contribution in [0, 0.1) is 0 Å². The number of amides is 1. The first-order chi connectivity index (χ1) is 10.3. The van der Waals surface area contributed by atoms with Gasteiger partial charge in [-0.2, -0.15) is 0 Å². The normalized spacial score (nSPS) is 18.7. The van der Waals surface area contributed by atoms with Gasteiger partial charge in [0.25, 0.3) is 5.91 Å². The Kier molecular flexibility index (Phi) is 4.31. The molecule has 0 saturated carbocycles. The van der Waals surface area contributed by atoms with Gasteiger partial charge in [-0.3, -0.25) is 4.79 Å². The molecule has 1 aliphatic heterocycles. The number of thiazole rings is 1. The van der Waals surface area contributed by atoms with Crippen LogP contribution in [-0.2, 0) is 4.74 Å². The Hall–Kier alpha value is -1.72. The summed E-state index contributed by atoms with van der Waals surface area (Å²) in [6, 6.07) is 7.71. The number of likely N-dealkylation sites (tertiary alicyclic amines) is 1. The van der Waals surface area contributed by atoms with Crippen LogP contribution in [0.15, 0.2) is 35.8 Å². The largest absolute Gasteiger partial charge is 0.380 e. The summed E-state index contributed by atoms with van der Waals surface area (Å²) in [5.41, 5.74) is 1.72. The standard InChI is InChI=1S/C16H18N2O2S/c1-20-14-6-3-8-18(11-14)16(19)13-5-2-4-12(10-13)15-17-7-9-21-15/h2,4-5,7,9-10,14H,3,6,8,11H2,1H3. The SMILES string of the molecule is COC1CCCN(C(=O)c2cccc(-c3nccs3)c2)C1. The quantitative estimate of drug-likeness (QED) is 0.875. The minimum atomic E-state index is 0.0788. The third-order valence-electron chi connectivity index (χ3n) is 3.79. The van der Waals surface area contributed by atoms with Crippen molar-refractivity contribution in [3.63, 3.8) is 0 Å². The number of piperidine rings is 1. The minimum absolute atomic E-state index is 0.0788. The summed E-state index contributed by atoms with van der Waals surface area (Å²) < 4.78 is 5.39. The van der Waals surface area contributed by atoms with Gasteiger partial charge in [0.05, 0.1) is 6.10 Å². The Morgan fingerprint density at radius 1 is 1.48 bits per heavy atom. The van der Waals surface area contributed by atoms with E-state index in [2.05, 4.69) is 4.98 Å². The first-order valence-corrected chi connectivity index (χ1v) is 7.98. The highest BCUT2D eigenvalue weighted by Crippen LogP contribution is 2.24. The zero-order chi connectivity index (χ0) is 14.7. The molecule has 2 aromatic rings. The fourth-order valence-electron chi connectivity index (χ4n) is 2.65. The van der Waals surface area contributed by atoms with Crippen LogP contribution < -0.4 is 0 Å². The smallest absolute Gasteiger partial charge is 0.253 e. The zero-order valence-corrected chi connectivity index (χ0v) is 12.8. The van der Waals surface area contributed by atoms with Gasteiger partial charge in [-0.05, 0) is 25.0 Å². The van der Waals surface area contributed by atoms with Gasteiger partial charge in [-0.25, -0.2) is 4.98 Å². The first-order valence-electron chi connectivity index (χ1n) is 7.10. The maximum atomic E-state index is 12.6. The van der Waals surface area contributed by atoms with Crippen molar-refractivity contribution in [1.82, 2.24) is 9.88 Å². The predicted molar refractivity (Wildman–Crippen MR) is 83.5 cm³/mol. The molecule has 1 unspecified atom stereocenters. The van der Waals surface area contributed by atoms with E-state index in [0.717, 1.165) is 35.5 Å². The molecule has 1 saturated heterocycles. The summed E-state index contributed by atoms with van der Waals surface area (Å²) in [6.45, 7) is 1.48. The molecule has 2 heterocycles. The van der Waals surface area contributed by atoms with Crippen molar-refractivity contribution in [1.29, 1.82) is 0 Å². The molecule has 0 radical (unpaired) electrons. The molecular weight excluding hydrogens is 284 g/mol. The van der Waals surface area contributed by atoms with Gasteiger partial charge in [0.15, 0.2) is 0 Å². The van der Waals surface area contributed by atoms with Crippen molar-refractivity contribution < 1.29 is 9.53 Å². The van der Waals surface area contributed by atoms with E-state index < -0.39 is 0 Å². The number of hydrogen-bond acceptors (Lipinski definition) is 4. The molecule has 1 atom stereocenters. The highest BCUT2D eigenvalue weighted by Gasteiger charge is 2.24. The number of ether oxygens (including phenoxy) is 1. The number of nitrogens with zero attached hydrogens (tertiary/aromatic N) is 2. The fraction of sp³-hybridized carbons (Fsp3) is 0.375. The average Bonchev–Trinajstić information content (AvgIpc) is 3.09. The highest BCUT2D eigenvalue weighted by atomic mass is 32.1. The topological polar surface area (TPSA) is 42.4 Å². The van der Waals surface area contributed by atoms with Gasteiger partial charge < -0.3 is 9.64 Å². The fourth-order valence-corrected chi connectivity index (χ4v) is 3.28. The maximum absolute atomic E-state index is 12.6. The molecule has 0 spiro atoms. The second-order valence-corrected chi connectivity index (χ2v) is 6.06. The monoisotopic (exact) mass is 302 g/mol.